The molecule has 0 bridgehead atoms. The molecule has 1 atom stereocenters. The number of nitriles is 1. The van der Waals surface area contributed by atoms with E-state index in [1.807, 2.05) is 23.1 Å². The summed E-state index contributed by atoms with van der Waals surface area (Å²) in [5, 5.41) is 19.3. The van der Waals surface area contributed by atoms with Gasteiger partial charge in [0.2, 0.25) is 0 Å². The Kier molecular flexibility index (Phi) is 5.06. The van der Waals surface area contributed by atoms with Crippen LogP contribution in [0.3, 0.4) is 0 Å². The van der Waals surface area contributed by atoms with Crippen molar-refractivity contribution in [2.45, 2.75) is 38.3 Å². The van der Waals surface area contributed by atoms with Crippen LogP contribution in [0.2, 0.25) is 0 Å². The highest BCUT2D eigenvalue weighted by atomic mass is 16.3. The summed E-state index contributed by atoms with van der Waals surface area (Å²) in [6.07, 6.45) is 3.81. The molecular weight excluding hydrogens is 350 g/mol. The lowest BCUT2D eigenvalue weighted by molar-refractivity contribution is 0.00213. The summed E-state index contributed by atoms with van der Waals surface area (Å²) in [7, 11) is 0. The Labute approximate surface area is 165 Å². The fourth-order valence-corrected chi connectivity index (χ4v) is 4.33. The minimum Gasteiger partial charge on any atom is -0.507 e. The number of amides is 1. The average Bonchev–Trinajstić information content (AvgIpc) is 2.68. The van der Waals surface area contributed by atoms with Gasteiger partial charge in [0.1, 0.15) is 5.75 Å². The number of phenolic OH excluding ortho intramolecular Hbond substituents is 1. The predicted molar refractivity (Wildman–Crippen MR) is 108 cm³/mol. The van der Waals surface area contributed by atoms with Crippen LogP contribution in [-0.2, 0) is 0 Å². The average molecular weight is 375 g/mol. The lowest BCUT2D eigenvalue weighted by atomic mass is 9.96. The second kappa shape index (κ2) is 7.65. The standard InChI is InChI=1S/C23H25N3O2/c1-16-5-2-3-10-26(16)20-14-25(15-20)23(28)19-7-4-6-18(12-19)21-11-17(13-24)8-9-22(21)27/h4,6-9,11-12,16,20,27H,2-3,5,10,14-15H2,1H3/t16-/m1/s1. The summed E-state index contributed by atoms with van der Waals surface area (Å²) < 4.78 is 0. The number of phenols is 1. The highest BCUT2D eigenvalue weighted by Gasteiger charge is 2.37. The molecule has 0 saturated carbocycles. The van der Waals surface area contributed by atoms with Crippen molar-refractivity contribution in [3.63, 3.8) is 0 Å². The van der Waals surface area contributed by atoms with E-state index in [-0.39, 0.29) is 11.7 Å². The molecule has 1 N–H and O–H groups in total. The molecule has 5 heteroatoms. The number of hydrogen-bond acceptors (Lipinski definition) is 4. The third kappa shape index (κ3) is 3.48. The van der Waals surface area contributed by atoms with Crippen LogP contribution in [0.4, 0.5) is 0 Å². The molecule has 0 unspecified atom stereocenters. The normalized spacial score (nSPS) is 20.4. The molecule has 144 valence electrons. The molecule has 0 spiro atoms. The SMILES string of the molecule is C[C@@H]1CCCCN1C1CN(C(=O)c2cccc(-c3cc(C#N)ccc3O)c2)C1. The molecule has 5 nitrogen and oxygen atoms in total. The lowest BCUT2D eigenvalue weighted by Crippen LogP contribution is -2.63. The van der Waals surface area contributed by atoms with Gasteiger partial charge >= 0.3 is 0 Å². The first kappa shape index (κ1) is 18.5. The van der Waals surface area contributed by atoms with Gasteiger partial charge < -0.3 is 10.0 Å². The van der Waals surface area contributed by atoms with Gasteiger partial charge in [-0.1, -0.05) is 18.6 Å². The first-order valence-electron chi connectivity index (χ1n) is 9.95. The summed E-state index contributed by atoms with van der Waals surface area (Å²) in [6.45, 7) is 4.98. The van der Waals surface area contributed by atoms with Crippen molar-refractivity contribution in [3.8, 4) is 22.9 Å². The van der Waals surface area contributed by atoms with Crippen molar-refractivity contribution >= 4 is 5.91 Å². The van der Waals surface area contributed by atoms with Crippen LogP contribution >= 0.6 is 0 Å². The lowest BCUT2D eigenvalue weighted by Gasteiger charge is -2.49. The largest absolute Gasteiger partial charge is 0.507 e. The maximum atomic E-state index is 12.9. The predicted octanol–water partition coefficient (Wildman–Crippen LogP) is 3.63. The van der Waals surface area contributed by atoms with E-state index >= 15 is 0 Å². The van der Waals surface area contributed by atoms with Crippen molar-refractivity contribution in [2.24, 2.45) is 0 Å². The van der Waals surface area contributed by atoms with Crippen LogP contribution < -0.4 is 0 Å². The number of hydrogen-bond donors (Lipinski definition) is 1. The third-order valence-corrected chi connectivity index (χ3v) is 6.02. The van der Waals surface area contributed by atoms with Gasteiger partial charge in [-0.2, -0.15) is 5.26 Å². The van der Waals surface area contributed by atoms with E-state index in [1.165, 1.54) is 25.3 Å². The Morgan fingerprint density at radius 2 is 2.00 bits per heavy atom. The van der Waals surface area contributed by atoms with Gasteiger partial charge in [-0.05, 0) is 62.2 Å². The molecule has 2 saturated heterocycles. The molecule has 2 aromatic carbocycles. The molecule has 2 fully saturated rings. The highest BCUT2D eigenvalue weighted by molar-refractivity contribution is 5.96. The molecule has 28 heavy (non-hydrogen) atoms. The second-order valence-corrected chi connectivity index (χ2v) is 7.87. The van der Waals surface area contributed by atoms with Crippen molar-refractivity contribution in [1.82, 2.24) is 9.80 Å². The van der Waals surface area contributed by atoms with Gasteiger partial charge in [0.15, 0.2) is 0 Å². The maximum absolute atomic E-state index is 12.9. The van der Waals surface area contributed by atoms with Crippen LogP contribution in [0.15, 0.2) is 42.5 Å². The van der Waals surface area contributed by atoms with E-state index in [0.29, 0.717) is 28.8 Å². The molecule has 2 aliphatic rings. The molecule has 2 heterocycles. The van der Waals surface area contributed by atoms with Crippen molar-refractivity contribution < 1.29 is 9.90 Å². The molecule has 2 aliphatic heterocycles. The number of nitrogens with zero attached hydrogens (tertiary/aromatic N) is 3. The second-order valence-electron chi connectivity index (χ2n) is 7.87. The number of benzene rings is 2. The summed E-state index contributed by atoms with van der Waals surface area (Å²) in [6, 6.07) is 15.2. The van der Waals surface area contributed by atoms with Gasteiger partial charge in [-0.25, -0.2) is 0 Å². The van der Waals surface area contributed by atoms with Crippen LogP contribution in [0.5, 0.6) is 5.75 Å². The monoisotopic (exact) mass is 375 g/mol. The number of carbonyl (C=O) groups is 1. The number of rotatable bonds is 3. The summed E-state index contributed by atoms with van der Waals surface area (Å²) in [5.41, 5.74) is 2.40. The third-order valence-electron chi connectivity index (χ3n) is 6.02. The van der Waals surface area contributed by atoms with Gasteiger partial charge in [0.25, 0.3) is 5.91 Å². The van der Waals surface area contributed by atoms with E-state index in [9.17, 15) is 9.90 Å². The molecular formula is C23H25N3O2. The van der Waals surface area contributed by atoms with E-state index < -0.39 is 0 Å². The molecule has 0 aromatic heterocycles. The Bertz CT molecular complexity index is 928. The van der Waals surface area contributed by atoms with Crippen molar-refractivity contribution in [1.29, 1.82) is 5.26 Å². The van der Waals surface area contributed by atoms with E-state index in [0.717, 1.165) is 25.2 Å². The maximum Gasteiger partial charge on any atom is 0.253 e. The molecule has 1 amide bonds. The minimum absolute atomic E-state index is 0.0266. The Morgan fingerprint density at radius 1 is 1.18 bits per heavy atom. The summed E-state index contributed by atoms with van der Waals surface area (Å²) in [5.74, 6) is 0.130. The van der Waals surface area contributed by atoms with Crippen LogP contribution in [0.1, 0.15) is 42.1 Å². The minimum atomic E-state index is 0.0266. The number of piperidine rings is 1. The Hall–Kier alpha value is -2.84. The first-order chi connectivity index (χ1) is 13.6. The van der Waals surface area contributed by atoms with Gasteiger partial charge in [0, 0.05) is 36.3 Å². The summed E-state index contributed by atoms with van der Waals surface area (Å²) >= 11 is 0. The molecule has 0 aliphatic carbocycles. The Morgan fingerprint density at radius 3 is 2.75 bits per heavy atom. The van der Waals surface area contributed by atoms with Gasteiger partial charge in [0.05, 0.1) is 11.6 Å². The topological polar surface area (TPSA) is 67.6 Å². The van der Waals surface area contributed by atoms with Crippen molar-refractivity contribution in [3.05, 3.63) is 53.6 Å². The van der Waals surface area contributed by atoms with E-state index in [2.05, 4.69) is 17.9 Å². The van der Waals surface area contributed by atoms with Crippen LogP contribution in [0.25, 0.3) is 11.1 Å². The fraction of sp³-hybridized carbons (Fsp3) is 0.391. The fourth-order valence-electron chi connectivity index (χ4n) is 4.33. The number of aromatic hydroxyl groups is 1. The zero-order valence-electron chi connectivity index (χ0n) is 16.1. The zero-order chi connectivity index (χ0) is 19.7. The smallest absolute Gasteiger partial charge is 0.253 e. The quantitative estimate of drug-likeness (QED) is 0.890. The Balaban J connectivity index is 1.48. The highest BCUT2D eigenvalue weighted by Crippen LogP contribution is 2.31. The first-order valence-corrected chi connectivity index (χ1v) is 9.95. The summed E-state index contributed by atoms with van der Waals surface area (Å²) in [4.78, 5) is 17.4. The van der Waals surface area contributed by atoms with Crippen LogP contribution in [-0.4, -0.2) is 52.5 Å². The van der Waals surface area contributed by atoms with E-state index in [4.69, 9.17) is 5.26 Å². The van der Waals surface area contributed by atoms with Gasteiger partial charge in [-0.3, -0.25) is 9.69 Å². The zero-order valence-corrected chi connectivity index (χ0v) is 16.1. The number of likely N-dealkylation sites (tertiary alicyclic amines) is 2. The van der Waals surface area contributed by atoms with Crippen LogP contribution in [0, 0.1) is 11.3 Å². The van der Waals surface area contributed by atoms with E-state index in [1.54, 1.807) is 18.2 Å². The number of carbonyl (C=O) groups excluding carboxylic acids is 1. The van der Waals surface area contributed by atoms with Gasteiger partial charge in [-0.15, -0.1) is 0 Å². The molecule has 0 radical (unpaired) electrons. The molecule has 2 aromatic rings. The van der Waals surface area contributed by atoms with Crippen molar-refractivity contribution in [2.75, 3.05) is 19.6 Å². The molecule has 4 rings (SSSR count).